The molecule has 0 saturated heterocycles. The average Bonchev–Trinajstić information content (AvgIpc) is 3.12. The Morgan fingerprint density at radius 2 is 2.12 bits per heavy atom. The maximum absolute atomic E-state index is 12.9. The molecule has 0 aliphatic carbocycles. The van der Waals surface area contributed by atoms with Crippen molar-refractivity contribution in [3.63, 3.8) is 0 Å². The smallest absolute Gasteiger partial charge is 0.322 e. The van der Waals surface area contributed by atoms with Gasteiger partial charge in [0.1, 0.15) is 0 Å². The summed E-state index contributed by atoms with van der Waals surface area (Å²) in [4.78, 5) is 14.8. The van der Waals surface area contributed by atoms with E-state index in [-0.39, 0.29) is 12.1 Å². The van der Waals surface area contributed by atoms with E-state index in [2.05, 4.69) is 29.5 Å². The topological polar surface area (TPSA) is 59.4 Å². The van der Waals surface area contributed by atoms with Crippen LogP contribution in [0, 0.1) is 13.8 Å². The number of nitrogens with one attached hydrogen (secondary N) is 1. The third kappa shape index (κ3) is 3.26. The Bertz CT molecular complexity index is 769. The zero-order valence-electron chi connectivity index (χ0n) is 15.4. The fraction of sp³-hybridized carbons (Fsp3) is 0.474. The summed E-state index contributed by atoms with van der Waals surface area (Å²) >= 11 is 0. The van der Waals surface area contributed by atoms with Crippen molar-refractivity contribution in [2.24, 2.45) is 0 Å². The molecule has 0 saturated carbocycles. The first kappa shape index (κ1) is 17.5. The molecule has 3 rings (SSSR count). The van der Waals surface area contributed by atoms with Gasteiger partial charge in [0.2, 0.25) is 0 Å². The van der Waals surface area contributed by atoms with Crippen molar-refractivity contribution < 1.29 is 9.53 Å². The molecule has 1 N–H and O–H groups in total. The fourth-order valence-electron chi connectivity index (χ4n) is 3.57. The average molecular weight is 342 g/mol. The highest BCUT2D eigenvalue weighted by molar-refractivity contribution is 5.91. The lowest BCUT2D eigenvalue weighted by atomic mass is 10.0. The van der Waals surface area contributed by atoms with Crippen LogP contribution in [0.2, 0.25) is 0 Å². The maximum Gasteiger partial charge on any atom is 0.322 e. The number of hydrogen-bond acceptors (Lipinski definition) is 3. The number of rotatable bonds is 5. The number of aryl methyl sites for hydroxylation is 1. The molecule has 1 aliphatic heterocycles. The van der Waals surface area contributed by atoms with Crippen LogP contribution in [0.15, 0.2) is 24.3 Å². The summed E-state index contributed by atoms with van der Waals surface area (Å²) in [5, 5.41) is 7.59. The predicted octanol–water partition coefficient (Wildman–Crippen LogP) is 3.65. The molecule has 134 valence electrons. The number of ether oxygens (including phenoxy) is 1. The van der Waals surface area contributed by atoms with Crippen LogP contribution < -0.4 is 5.32 Å². The number of carbonyl (C=O) groups is 1. The Morgan fingerprint density at radius 3 is 2.84 bits per heavy atom. The van der Waals surface area contributed by atoms with E-state index in [9.17, 15) is 4.79 Å². The van der Waals surface area contributed by atoms with Crippen molar-refractivity contribution in [2.45, 2.75) is 46.3 Å². The van der Waals surface area contributed by atoms with Crippen LogP contribution in [0.3, 0.4) is 0 Å². The van der Waals surface area contributed by atoms with Gasteiger partial charge in [0.05, 0.1) is 36.3 Å². The monoisotopic (exact) mass is 342 g/mol. The number of amides is 2. The fourth-order valence-corrected chi connectivity index (χ4v) is 3.57. The van der Waals surface area contributed by atoms with Crippen LogP contribution in [-0.2, 0) is 17.8 Å². The van der Waals surface area contributed by atoms with Gasteiger partial charge in [-0.3, -0.25) is 4.68 Å². The Balaban J connectivity index is 1.78. The van der Waals surface area contributed by atoms with Gasteiger partial charge >= 0.3 is 6.03 Å². The zero-order valence-corrected chi connectivity index (χ0v) is 15.4. The van der Waals surface area contributed by atoms with Crippen LogP contribution in [0.25, 0.3) is 0 Å². The van der Waals surface area contributed by atoms with Crippen LogP contribution in [-0.4, -0.2) is 34.4 Å². The number of anilines is 1. The molecule has 0 radical (unpaired) electrons. The van der Waals surface area contributed by atoms with E-state index in [0.717, 1.165) is 23.5 Å². The number of carbonyl (C=O) groups excluding carboxylic acids is 1. The van der Waals surface area contributed by atoms with Gasteiger partial charge in [-0.25, -0.2) is 4.79 Å². The second-order valence-corrected chi connectivity index (χ2v) is 6.44. The minimum Gasteiger partial charge on any atom is -0.383 e. The number of methoxy groups -OCH3 is 1. The largest absolute Gasteiger partial charge is 0.383 e. The zero-order chi connectivity index (χ0) is 18.0. The molecule has 0 fully saturated rings. The second-order valence-electron chi connectivity index (χ2n) is 6.44. The van der Waals surface area contributed by atoms with Gasteiger partial charge in [-0.05, 0) is 31.4 Å². The van der Waals surface area contributed by atoms with Crippen molar-refractivity contribution in [3.05, 3.63) is 46.8 Å². The Kier molecular flexibility index (Phi) is 5.08. The molecule has 1 atom stereocenters. The molecule has 2 aromatic rings. The first-order chi connectivity index (χ1) is 12.1. The molecule has 2 amide bonds. The molecule has 0 bridgehead atoms. The van der Waals surface area contributed by atoms with Crippen molar-refractivity contribution >= 4 is 11.7 Å². The van der Waals surface area contributed by atoms with Crippen molar-refractivity contribution in [2.75, 3.05) is 19.0 Å². The lowest BCUT2D eigenvalue weighted by Gasteiger charge is -2.24. The summed E-state index contributed by atoms with van der Waals surface area (Å²) in [5.74, 6) is 0. The summed E-state index contributed by atoms with van der Waals surface area (Å²) in [5.41, 5.74) is 5.06. The van der Waals surface area contributed by atoms with Crippen LogP contribution in [0.5, 0.6) is 0 Å². The maximum atomic E-state index is 12.9. The van der Waals surface area contributed by atoms with Gasteiger partial charge < -0.3 is 15.0 Å². The highest BCUT2D eigenvalue weighted by atomic mass is 16.5. The van der Waals surface area contributed by atoms with Gasteiger partial charge in [-0.15, -0.1) is 0 Å². The van der Waals surface area contributed by atoms with Crippen LogP contribution >= 0.6 is 0 Å². The van der Waals surface area contributed by atoms with E-state index in [4.69, 9.17) is 4.74 Å². The molecule has 2 heterocycles. The minimum absolute atomic E-state index is 0.0689. The molecule has 25 heavy (non-hydrogen) atoms. The second kappa shape index (κ2) is 7.27. The Morgan fingerprint density at radius 1 is 1.36 bits per heavy atom. The lowest BCUT2D eigenvalue weighted by molar-refractivity contribution is 0.182. The third-order valence-corrected chi connectivity index (χ3v) is 4.90. The molecule has 1 aromatic heterocycles. The Labute approximate surface area is 148 Å². The summed E-state index contributed by atoms with van der Waals surface area (Å²) in [6, 6.07) is 8.35. The molecule has 6 heteroatoms. The van der Waals surface area contributed by atoms with E-state index in [0.29, 0.717) is 19.7 Å². The van der Waals surface area contributed by atoms with E-state index in [1.54, 1.807) is 7.11 Å². The number of nitrogens with zero attached hydrogens (tertiary/aromatic N) is 3. The third-order valence-electron chi connectivity index (χ3n) is 4.90. The van der Waals surface area contributed by atoms with Crippen molar-refractivity contribution in [1.29, 1.82) is 0 Å². The van der Waals surface area contributed by atoms with Gasteiger partial charge in [0.25, 0.3) is 0 Å². The first-order valence-corrected chi connectivity index (χ1v) is 8.75. The summed E-state index contributed by atoms with van der Waals surface area (Å²) < 4.78 is 7.00. The normalized spacial score (nSPS) is 16.2. The highest BCUT2D eigenvalue weighted by Gasteiger charge is 2.32. The van der Waals surface area contributed by atoms with Gasteiger partial charge in [0, 0.05) is 13.7 Å². The van der Waals surface area contributed by atoms with Crippen LogP contribution in [0.1, 0.15) is 41.9 Å². The van der Waals surface area contributed by atoms with Gasteiger partial charge in [-0.1, -0.05) is 31.2 Å². The van der Waals surface area contributed by atoms with Crippen molar-refractivity contribution in [1.82, 2.24) is 14.7 Å². The molecular formula is C19H26N4O2. The molecule has 1 aliphatic rings. The van der Waals surface area contributed by atoms with E-state index >= 15 is 0 Å². The standard InChI is InChI=1S/C19H26N4O2/c1-5-17-16-9-7-6-8-15(16)12-22(17)19(24)20-18-13(2)21-23(14(18)3)10-11-25-4/h6-9,17H,5,10-12H2,1-4H3,(H,20,24). The molecule has 0 spiro atoms. The quantitative estimate of drug-likeness (QED) is 0.902. The molecule has 1 unspecified atom stereocenters. The van der Waals surface area contributed by atoms with E-state index < -0.39 is 0 Å². The molecule has 6 nitrogen and oxygen atoms in total. The number of benzene rings is 1. The van der Waals surface area contributed by atoms with E-state index in [1.165, 1.54) is 11.1 Å². The number of fused-ring (bicyclic) bond motifs is 1. The molecular weight excluding hydrogens is 316 g/mol. The first-order valence-electron chi connectivity index (χ1n) is 8.75. The Hall–Kier alpha value is -2.34. The van der Waals surface area contributed by atoms with Crippen molar-refractivity contribution in [3.8, 4) is 0 Å². The minimum atomic E-state index is -0.0689. The van der Waals surface area contributed by atoms with Gasteiger partial charge in [-0.2, -0.15) is 5.10 Å². The highest BCUT2D eigenvalue weighted by Crippen LogP contribution is 2.36. The number of hydrogen-bond donors (Lipinski definition) is 1. The summed E-state index contributed by atoms with van der Waals surface area (Å²) in [7, 11) is 1.67. The summed E-state index contributed by atoms with van der Waals surface area (Å²) in [6.07, 6.45) is 0.898. The number of aromatic nitrogens is 2. The molecule has 1 aromatic carbocycles. The van der Waals surface area contributed by atoms with Crippen LogP contribution in [0.4, 0.5) is 10.5 Å². The summed E-state index contributed by atoms with van der Waals surface area (Å²) in [6.45, 7) is 7.92. The van der Waals surface area contributed by atoms with E-state index in [1.807, 2.05) is 35.6 Å². The SMILES string of the molecule is CCC1c2ccccc2CN1C(=O)Nc1c(C)nn(CCOC)c1C. The number of urea groups is 1. The predicted molar refractivity (Wildman–Crippen MR) is 97.6 cm³/mol. The lowest BCUT2D eigenvalue weighted by Crippen LogP contribution is -2.33. The van der Waals surface area contributed by atoms with Gasteiger partial charge in [0.15, 0.2) is 0 Å².